The van der Waals surface area contributed by atoms with Crippen molar-refractivity contribution in [3.63, 3.8) is 0 Å². The van der Waals surface area contributed by atoms with Crippen molar-refractivity contribution in [2.45, 2.75) is 0 Å². The van der Waals surface area contributed by atoms with Gasteiger partial charge in [-0.15, -0.1) is 0 Å². The first kappa shape index (κ1) is 8.22. The van der Waals surface area contributed by atoms with E-state index in [0.717, 1.165) is 0 Å². The molecule has 0 aromatic heterocycles. The molecule has 1 aliphatic rings. The zero-order valence-electron chi connectivity index (χ0n) is 5.71. The summed E-state index contributed by atoms with van der Waals surface area (Å²) in [5, 5.41) is 0. The minimum Gasteiger partial charge on any atom is -0.342 e. The van der Waals surface area contributed by atoms with Gasteiger partial charge >= 0.3 is 0 Å². The van der Waals surface area contributed by atoms with Crippen LogP contribution in [0.15, 0.2) is 17.3 Å². The van der Waals surface area contributed by atoms with E-state index in [4.69, 9.17) is 4.55 Å². The van der Waals surface area contributed by atoms with Crippen LogP contribution in [0.3, 0.4) is 0 Å². The first-order valence-electron chi connectivity index (χ1n) is 2.94. The van der Waals surface area contributed by atoms with Crippen molar-refractivity contribution in [1.29, 1.82) is 0 Å². The Morgan fingerprint density at radius 1 is 1.64 bits per heavy atom. The van der Waals surface area contributed by atoms with Crippen molar-refractivity contribution in [3.05, 3.63) is 12.3 Å². The molecular weight excluding hydrogens is 168 g/mol. The highest BCUT2D eigenvalue weighted by Gasteiger charge is 2.09. The quantitative estimate of drug-likeness (QED) is 0.586. The van der Waals surface area contributed by atoms with Crippen LogP contribution in [0.2, 0.25) is 0 Å². The van der Waals surface area contributed by atoms with Crippen molar-refractivity contribution in [1.82, 2.24) is 4.90 Å². The third kappa shape index (κ3) is 3.15. The highest BCUT2D eigenvalue weighted by Crippen LogP contribution is 1.97. The van der Waals surface area contributed by atoms with Crippen LogP contribution < -0.4 is 0 Å². The van der Waals surface area contributed by atoms with E-state index in [-0.39, 0.29) is 6.67 Å². The Labute approximate surface area is 64.8 Å². The molecule has 1 rings (SSSR count). The molecule has 6 heteroatoms. The minimum absolute atomic E-state index is 0.274. The zero-order valence-corrected chi connectivity index (χ0v) is 6.53. The Morgan fingerprint density at radius 2 is 2.36 bits per heavy atom. The van der Waals surface area contributed by atoms with E-state index in [1.54, 1.807) is 18.5 Å². The van der Waals surface area contributed by atoms with Gasteiger partial charge in [-0.3, -0.25) is 9.55 Å². The first-order chi connectivity index (χ1) is 5.08. The van der Waals surface area contributed by atoms with Gasteiger partial charge in [-0.25, -0.2) is 0 Å². The maximum atomic E-state index is 10.3. The summed E-state index contributed by atoms with van der Waals surface area (Å²) in [6.07, 6.45) is 4.73. The molecule has 0 aromatic carbocycles. The lowest BCUT2D eigenvalue weighted by molar-refractivity contribution is 0.402. The summed E-state index contributed by atoms with van der Waals surface area (Å²) in [6, 6.07) is 0. The standard InChI is InChI=1S/C5H8N2O3S/c8-11(9,10)5-7-3-1-2-6-4-7/h1-3H,4-5H2,(H,8,9,10). The predicted octanol–water partition coefficient (Wildman–Crippen LogP) is -0.311. The van der Waals surface area contributed by atoms with E-state index >= 15 is 0 Å². The fraction of sp³-hybridized carbons (Fsp3) is 0.400. The SMILES string of the molecule is O=S(=O)(O)CN1C=CC=NC1. The Hall–Kier alpha value is -0.880. The molecule has 0 atom stereocenters. The van der Waals surface area contributed by atoms with Gasteiger partial charge in [-0.2, -0.15) is 8.42 Å². The van der Waals surface area contributed by atoms with Crippen molar-refractivity contribution < 1.29 is 13.0 Å². The van der Waals surface area contributed by atoms with Crippen molar-refractivity contribution >= 4 is 16.3 Å². The van der Waals surface area contributed by atoms with Crippen LogP contribution in [0.25, 0.3) is 0 Å². The molecule has 1 N–H and O–H groups in total. The molecule has 0 saturated heterocycles. The Kier molecular flexibility index (Phi) is 2.25. The van der Waals surface area contributed by atoms with Gasteiger partial charge in [-0.1, -0.05) is 0 Å². The van der Waals surface area contributed by atoms with E-state index in [2.05, 4.69) is 4.99 Å². The molecule has 0 saturated carbocycles. The maximum absolute atomic E-state index is 10.3. The van der Waals surface area contributed by atoms with Crippen molar-refractivity contribution in [2.75, 3.05) is 12.5 Å². The molecule has 5 nitrogen and oxygen atoms in total. The van der Waals surface area contributed by atoms with Crippen LogP contribution in [0.5, 0.6) is 0 Å². The molecule has 1 aliphatic heterocycles. The molecule has 0 aliphatic carbocycles. The molecule has 0 radical (unpaired) electrons. The highest BCUT2D eigenvalue weighted by molar-refractivity contribution is 7.85. The third-order valence-corrected chi connectivity index (χ3v) is 1.74. The molecular formula is C5H8N2O3S. The molecule has 0 fully saturated rings. The molecule has 0 aromatic rings. The summed E-state index contributed by atoms with van der Waals surface area (Å²) in [7, 11) is -3.92. The van der Waals surface area contributed by atoms with E-state index in [9.17, 15) is 8.42 Å². The fourth-order valence-corrected chi connectivity index (χ4v) is 1.30. The van der Waals surface area contributed by atoms with Crippen molar-refractivity contribution in [2.24, 2.45) is 4.99 Å². The number of allylic oxidation sites excluding steroid dienone is 1. The van der Waals surface area contributed by atoms with Gasteiger partial charge in [0, 0.05) is 12.4 Å². The normalized spacial score (nSPS) is 17.4. The first-order valence-corrected chi connectivity index (χ1v) is 4.55. The number of aliphatic imine (C=N–C) groups is 1. The summed E-state index contributed by atoms with van der Waals surface area (Å²) in [5.74, 6) is -0.402. The Balaban J connectivity index is 2.52. The second-order valence-electron chi connectivity index (χ2n) is 2.11. The molecule has 0 unspecified atom stereocenters. The monoisotopic (exact) mass is 176 g/mol. The lowest BCUT2D eigenvalue weighted by Crippen LogP contribution is -2.26. The van der Waals surface area contributed by atoms with Gasteiger partial charge in [0.1, 0.15) is 12.5 Å². The smallest absolute Gasteiger partial charge is 0.283 e. The molecule has 1 heterocycles. The zero-order chi connectivity index (χ0) is 8.32. The molecule has 0 amide bonds. The fourth-order valence-electron chi connectivity index (χ4n) is 0.714. The molecule has 62 valence electrons. The predicted molar refractivity (Wildman–Crippen MR) is 40.8 cm³/mol. The molecule has 0 bridgehead atoms. The van der Waals surface area contributed by atoms with Crippen LogP contribution in [0, 0.1) is 0 Å². The van der Waals surface area contributed by atoms with Gasteiger partial charge in [-0.05, 0) is 6.08 Å². The number of hydrogen-bond donors (Lipinski definition) is 1. The average Bonchev–Trinajstić information content (AvgIpc) is 1.85. The Bertz CT molecular complexity index is 280. The van der Waals surface area contributed by atoms with Crippen LogP contribution in [0.4, 0.5) is 0 Å². The summed E-state index contributed by atoms with van der Waals surface area (Å²) in [5.41, 5.74) is 0. The largest absolute Gasteiger partial charge is 0.342 e. The molecule has 0 spiro atoms. The van der Waals surface area contributed by atoms with Crippen LogP contribution in [-0.4, -0.2) is 36.6 Å². The van der Waals surface area contributed by atoms with Gasteiger partial charge in [0.25, 0.3) is 10.1 Å². The summed E-state index contributed by atoms with van der Waals surface area (Å²) >= 11 is 0. The highest BCUT2D eigenvalue weighted by atomic mass is 32.2. The second-order valence-corrected chi connectivity index (χ2v) is 3.54. The van der Waals surface area contributed by atoms with E-state index < -0.39 is 16.0 Å². The lowest BCUT2D eigenvalue weighted by Gasteiger charge is -2.16. The third-order valence-electron chi connectivity index (χ3n) is 1.08. The molecule has 11 heavy (non-hydrogen) atoms. The van der Waals surface area contributed by atoms with Gasteiger partial charge in [0.2, 0.25) is 0 Å². The summed E-state index contributed by atoms with van der Waals surface area (Å²) in [6.45, 7) is 0.274. The van der Waals surface area contributed by atoms with E-state index in [0.29, 0.717) is 0 Å². The number of hydrogen-bond acceptors (Lipinski definition) is 4. The average molecular weight is 176 g/mol. The number of nitrogens with zero attached hydrogens (tertiary/aromatic N) is 2. The minimum atomic E-state index is -3.92. The summed E-state index contributed by atoms with van der Waals surface area (Å²) in [4.78, 5) is 5.17. The van der Waals surface area contributed by atoms with Gasteiger partial charge < -0.3 is 4.90 Å². The van der Waals surface area contributed by atoms with Gasteiger partial charge in [0.15, 0.2) is 0 Å². The Morgan fingerprint density at radius 3 is 2.82 bits per heavy atom. The van der Waals surface area contributed by atoms with E-state index in [1.165, 1.54) is 4.90 Å². The summed E-state index contributed by atoms with van der Waals surface area (Å²) < 4.78 is 29.1. The lowest BCUT2D eigenvalue weighted by atomic mass is 10.6. The maximum Gasteiger partial charge on any atom is 0.283 e. The van der Waals surface area contributed by atoms with E-state index in [1.807, 2.05) is 0 Å². The van der Waals surface area contributed by atoms with Crippen LogP contribution in [-0.2, 0) is 10.1 Å². The van der Waals surface area contributed by atoms with Crippen molar-refractivity contribution in [3.8, 4) is 0 Å². The second kappa shape index (κ2) is 3.02. The number of rotatable bonds is 2. The van der Waals surface area contributed by atoms with Crippen LogP contribution >= 0.6 is 0 Å². The van der Waals surface area contributed by atoms with Gasteiger partial charge in [0.05, 0.1) is 0 Å². The topological polar surface area (TPSA) is 70.0 Å². The van der Waals surface area contributed by atoms with Crippen LogP contribution in [0.1, 0.15) is 0 Å².